The SMILES string of the molecule is CCC(=O)OC1CCC=C(CCC=C(C)C)C1. The molecule has 0 fully saturated rings. The molecule has 0 heterocycles. The van der Waals surface area contributed by atoms with Crippen LogP contribution in [-0.2, 0) is 9.53 Å². The summed E-state index contributed by atoms with van der Waals surface area (Å²) >= 11 is 0. The van der Waals surface area contributed by atoms with E-state index in [0.29, 0.717) is 6.42 Å². The first-order valence-corrected chi connectivity index (χ1v) is 6.62. The summed E-state index contributed by atoms with van der Waals surface area (Å²) in [6, 6.07) is 0. The molecule has 1 atom stereocenters. The molecule has 1 aliphatic rings. The van der Waals surface area contributed by atoms with Gasteiger partial charge in [-0.3, -0.25) is 4.79 Å². The Morgan fingerprint density at radius 3 is 2.94 bits per heavy atom. The summed E-state index contributed by atoms with van der Waals surface area (Å²) in [7, 11) is 0. The number of rotatable bonds is 5. The summed E-state index contributed by atoms with van der Waals surface area (Å²) in [5.41, 5.74) is 2.82. The van der Waals surface area contributed by atoms with Crippen molar-refractivity contribution < 1.29 is 9.53 Å². The lowest BCUT2D eigenvalue weighted by Gasteiger charge is -2.22. The summed E-state index contributed by atoms with van der Waals surface area (Å²) in [6.45, 7) is 6.10. The number of hydrogen-bond acceptors (Lipinski definition) is 2. The Labute approximate surface area is 105 Å². The van der Waals surface area contributed by atoms with Crippen LogP contribution in [0.4, 0.5) is 0 Å². The third-order valence-electron chi connectivity index (χ3n) is 3.02. The van der Waals surface area contributed by atoms with Crippen LogP contribution >= 0.6 is 0 Å². The van der Waals surface area contributed by atoms with Gasteiger partial charge in [-0.05, 0) is 39.5 Å². The molecule has 96 valence electrons. The Hall–Kier alpha value is -1.05. The van der Waals surface area contributed by atoms with Gasteiger partial charge in [0.2, 0.25) is 0 Å². The predicted octanol–water partition coefficient (Wildman–Crippen LogP) is 4.16. The standard InChI is InChI=1S/C15H24O2/c1-4-15(16)17-14-10-6-9-13(11-14)8-5-7-12(2)3/h7,9,14H,4-6,8,10-11H2,1-3H3. The molecular formula is C15H24O2. The third-order valence-corrected chi connectivity index (χ3v) is 3.02. The second kappa shape index (κ2) is 7.31. The van der Waals surface area contributed by atoms with E-state index in [4.69, 9.17) is 4.74 Å². The lowest BCUT2D eigenvalue weighted by Crippen LogP contribution is -2.20. The van der Waals surface area contributed by atoms with Crippen molar-refractivity contribution in [2.45, 2.75) is 65.4 Å². The quantitative estimate of drug-likeness (QED) is 0.529. The van der Waals surface area contributed by atoms with Crippen molar-refractivity contribution in [1.29, 1.82) is 0 Å². The van der Waals surface area contributed by atoms with Gasteiger partial charge in [-0.15, -0.1) is 0 Å². The molecule has 2 nitrogen and oxygen atoms in total. The van der Waals surface area contributed by atoms with Crippen LogP contribution in [0.3, 0.4) is 0 Å². The molecule has 0 radical (unpaired) electrons. The zero-order chi connectivity index (χ0) is 12.7. The maximum Gasteiger partial charge on any atom is 0.305 e. The molecule has 1 unspecified atom stereocenters. The average molecular weight is 236 g/mol. The van der Waals surface area contributed by atoms with Crippen LogP contribution in [0.15, 0.2) is 23.3 Å². The van der Waals surface area contributed by atoms with Gasteiger partial charge in [0, 0.05) is 12.8 Å². The van der Waals surface area contributed by atoms with E-state index in [1.165, 1.54) is 11.1 Å². The fraction of sp³-hybridized carbons (Fsp3) is 0.667. The van der Waals surface area contributed by atoms with E-state index in [0.717, 1.165) is 32.1 Å². The van der Waals surface area contributed by atoms with Gasteiger partial charge >= 0.3 is 5.97 Å². The number of ether oxygens (including phenoxy) is 1. The predicted molar refractivity (Wildman–Crippen MR) is 70.8 cm³/mol. The minimum absolute atomic E-state index is 0.0689. The molecule has 0 N–H and O–H groups in total. The highest BCUT2D eigenvalue weighted by atomic mass is 16.5. The molecule has 0 aromatic rings. The monoisotopic (exact) mass is 236 g/mol. The summed E-state index contributed by atoms with van der Waals surface area (Å²) in [5.74, 6) is -0.0689. The van der Waals surface area contributed by atoms with Crippen LogP contribution in [-0.4, -0.2) is 12.1 Å². The van der Waals surface area contributed by atoms with Gasteiger partial charge in [0.25, 0.3) is 0 Å². The van der Waals surface area contributed by atoms with Gasteiger partial charge in [-0.1, -0.05) is 30.2 Å². The highest BCUT2D eigenvalue weighted by Crippen LogP contribution is 2.24. The molecule has 0 aromatic carbocycles. The Bertz CT molecular complexity index is 309. The Balaban J connectivity index is 2.35. The number of allylic oxidation sites excluding steroid dienone is 3. The molecule has 0 spiro atoms. The van der Waals surface area contributed by atoms with Crippen molar-refractivity contribution in [1.82, 2.24) is 0 Å². The Morgan fingerprint density at radius 2 is 2.29 bits per heavy atom. The summed E-state index contributed by atoms with van der Waals surface area (Å²) in [6.07, 6.45) is 10.3. The summed E-state index contributed by atoms with van der Waals surface area (Å²) < 4.78 is 5.40. The number of carbonyl (C=O) groups excluding carboxylic acids is 1. The molecule has 1 aliphatic carbocycles. The average Bonchev–Trinajstić information content (AvgIpc) is 2.29. The van der Waals surface area contributed by atoms with Gasteiger partial charge in [-0.25, -0.2) is 0 Å². The van der Waals surface area contributed by atoms with Crippen molar-refractivity contribution in [3.8, 4) is 0 Å². The highest BCUT2D eigenvalue weighted by molar-refractivity contribution is 5.69. The van der Waals surface area contributed by atoms with Crippen molar-refractivity contribution in [3.05, 3.63) is 23.3 Å². The fourth-order valence-corrected chi connectivity index (χ4v) is 2.07. The third kappa shape index (κ3) is 5.71. The van der Waals surface area contributed by atoms with E-state index in [1.807, 2.05) is 6.92 Å². The van der Waals surface area contributed by atoms with Crippen LogP contribution in [0.1, 0.15) is 59.3 Å². The van der Waals surface area contributed by atoms with Crippen molar-refractivity contribution in [3.63, 3.8) is 0 Å². The van der Waals surface area contributed by atoms with E-state index < -0.39 is 0 Å². The molecule has 1 rings (SSSR count). The van der Waals surface area contributed by atoms with Crippen LogP contribution in [0.25, 0.3) is 0 Å². The van der Waals surface area contributed by atoms with Gasteiger partial charge in [0.05, 0.1) is 0 Å². The normalized spacial score (nSPS) is 19.5. The zero-order valence-electron chi connectivity index (χ0n) is 11.3. The molecule has 17 heavy (non-hydrogen) atoms. The number of carbonyl (C=O) groups is 1. The topological polar surface area (TPSA) is 26.3 Å². The second-order valence-electron chi connectivity index (χ2n) is 4.93. The van der Waals surface area contributed by atoms with Crippen LogP contribution in [0, 0.1) is 0 Å². The van der Waals surface area contributed by atoms with E-state index in [2.05, 4.69) is 26.0 Å². The summed E-state index contributed by atoms with van der Waals surface area (Å²) in [4.78, 5) is 11.2. The van der Waals surface area contributed by atoms with E-state index in [-0.39, 0.29) is 12.1 Å². The highest BCUT2D eigenvalue weighted by Gasteiger charge is 2.18. The van der Waals surface area contributed by atoms with Gasteiger partial charge < -0.3 is 4.74 Å². The Kier molecular flexibility index (Phi) is 6.03. The molecule has 0 amide bonds. The largest absolute Gasteiger partial charge is 0.462 e. The van der Waals surface area contributed by atoms with Gasteiger partial charge in [0.15, 0.2) is 0 Å². The molecule has 0 saturated carbocycles. The molecular weight excluding hydrogens is 212 g/mol. The second-order valence-corrected chi connectivity index (χ2v) is 4.93. The first-order chi connectivity index (χ1) is 8.11. The molecule has 0 saturated heterocycles. The van der Waals surface area contributed by atoms with E-state index in [9.17, 15) is 4.79 Å². The molecule has 0 aromatic heterocycles. The first-order valence-electron chi connectivity index (χ1n) is 6.62. The minimum atomic E-state index is -0.0689. The van der Waals surface area contributed by atoms with Gasteiger partial charge in [-0.2, -0.15) is 0 Å². The van der Waals surface area contributed by atoms with E-state index >= 15 is 0 Å². The zero-order valence-corrected chi connectivity index (χ0v) is 11.3. The van der Waals surface area contributed by atoms with Crippen LogP contribution in [0.2, 0.25) is 0 Å². The van der Waals surface area contributed by atoms with Crippen molar-refractivity contribution in [2.75, 3.05) is 0 Å². The number of hydrogen-bond donors (Lipinski definition) is 0. The first kappa shape index (κ1) is 14.0. The molecule has 0 bridgehead atoms. The Morgan fingerprint density at radius 1 is 1.53 bits per heavy atom. The minimum Gasteiger partial charge on any atom is -0.462 e. The van der Waals surface area contributed by atoms with Gasteiger partial charge in [0.1, 0.15) is 6.10 Å². The van der Waals surface area contributed by atoms with Crippen molar-refractivity contribution >= 4 is 5.97 Å². The number of esters is 1. The lowest BCUT2D eigenvalue weighted by molar-refractivity contribution is -0.149. The maximum absolute atomic E-state index is 11.2. The molecule has 2 heteroatoms. The summed E-state index contributed by atoms with van der Waals surface area (Å²) in [5, 5.41) is 0. The lowest BCUT2D eigenvalue weighted by atomic mass is 9.93. The fourth-order valence-electron chi connectivity index (χ4n) is 2.07. The smallest absolute Gasteiger partial charge is 0.305 e. The van der Waals surface area contributed by atoms with Crippen molar-refractivity contribution in [2.24, 2.45) is 0 Å². The van der Waals surface area contributed by atoms with Crippen LogP contribution in [0.5, 0.6) is 0 Å². The molecule has 0 aliphatic heterocycles. The van der Waals surface area contributed by atoms with Crippen LogP contribution < -0.4 is 0 Å². The van der Waals surface area contributed by atoms with E-state index in [1.54, 1.807) is 0 Å². The maximum atomic E-state index is 11.2.